The summed E-state index contributed by atoms with van der Waals surface area (Å²) in [5, 5.41) is 3.88. The molecule has 2 saturated heterocycles. The summed E-state index contributed by atoms with van der Waals surface area (Å²) in [7, 11) is 1.84. The van der Waals surface area contributed by atoms with E-state index in [0.29, 0.717) is 24.2 Å². The standard InChI is InChI=1S/C20H35N5O/c1-6-16-11-20(22-15(4)21-16)24-9-7-17(8-10-24)23-18-12-25(14(2)3)13-19(18)26-5/h11,14,17-19,23H,6-10,12-13H2,1-5H3/t18-,19-/m1/s1. The number of nitrogens with one attached hydrogen (secondary N) is 1. The molecule has 0 spiro atoms. The maximum absolute atomic E-state index is 5.74. The van der Waals surface area contributed by atoms with Gasteiger partial charge in [-0.05, 0) is 40.0 Å². The number of piperidine rings is 1. The van der Waals surface area contributed by atoms with Crippen molar-refractivity contribution in [2.75, 3.05) is 38.2 Å². The molecule has 2 aliphatic rings. The minimum absolute atomic E-state index is 0.298. The predicted octanol–water partition coefficient (Wildman–Crippen LogP) is 2.01. The zero-order valence-electron chi connectivity index (χ0n) is 17.0. The lowest BCUT2D eigenvalue weighted by Crippen LogP contribution is -2.50. The number of aryl methyl sites for hydroxylation is 2. The molecule has 0 saturated carbocycles. The van der Waals surface area contributed by atoms with E-state index in [-0.39, 0.29) is 0 Å². The number of methoxy groups -OCH3 is 1. The SMILES string of the molecule is CCc1cc(N2CCC(N[C@@H]3CN(C(C)C)C[C@H]3OC)CC2)nc(C)n1. The van der Waals surface area contributed by atoms with E-state index in [4.69, 9.17) is 4.74 Å². The van der Waals surface area contributed by atoms with E-state index in [1.54, 1.807) is 0 Å². The fourth-order valence-corrected chi connectivity index (χ4v) is 4.16. The minimum Gasteiger partial charge on any atom is -0.378 e. The van der Waals surface area contributed by atoms with Crippen molar-refractivity contribution in [1.82, 2.24) is 20.2 Å². The van der Waals surface area contributed by atoms with Gasteiger partial charge in [0.25, 0.3) is 0 Å². The number of anilines is 1. The first kappa shape index (κ1) is 19.5. The van der Waals surface area contributed by atoms with Crippen LogP contribution in [0.15, 0.2) is 6.07 Å². The number of likely N-dealkylation sites (tertiary alicyclic amines) is 1. The Morgan fingerprint density at radius 1 is 1.23 bits per heavy atom. The van der Waals surface area contributed by atoms with Gasteiger partial charge in [-0.1, -0.05) is 6.92 Å². The molecule has 0 amide bonds. The van der Waals surface area contributed by atoms with Gasteiger partial charge >= 0.3 is 0 Å². The van der Waals surface area contributed by atoms with E-state index in [0.717, 1.165) is 62.8 Å². The van der Waals surface area contributed by atoms with Gasteiger partial charge in [-0.25, -0.2) is 9.97 Å². The van der Waals surface area contributed by atoms with Crippen LogP contribution in [0, 0.1) is 6.92 Å². The van der Waals surface area contributed by atoms with Crippen molar-refractivity contribution in [2.45, 2.75) is 71.2 Å². The topological polar surface area (TPSA) is 53.5 Å². The van der Waals surface area contributed by atoms with Crippen molar-refractivity contribution in [3.8, 4) is 0 Å². The fraction of sp³-hybridized carbons (Fsp3) is 0.800. The van der Waals surface area contributed by atoms with E-state index in [9.17, 15) is 0 Å². The Bertz CT molecular complexity index is 586. The molecule has 0 aromatic carbocycles. The Kier molecular flexibility index (Phi) is 6.48. The smallest absolute Gasteiger partial charge is 0.132 e. The average Bonchev–Trinajstić information content (AvgIpc) is 3.05. The van der Waals surface area contributed by atoms with Crippen LogP contribution in [-0.4, -0.2) is 72.4 Å². The van der Waals surface area contributed by atoms with Crippen molar-refractivity contribution < 1.29 is 4.74 Å². The normalized spacial score (nSPS) is 25.4. The number of nitrogens with zero attached hydrogens (tertiary/aromatic N) is 4. The molecule has 6 nitrogen and oxygen atoms in total. The molecule has 1 N–H and O–H groups in total. The van der Waals surface area contributed by atoms with Crippen LogP contribution >= 0.6 is 0 Å². The molecular weight excluding hydrogens is 326 g/mol. The Balaban J connectivity index is 1.55. The van der Waals surface area contributed by atoms with Crippen molar-refractivity contribution in [2.24, 2.45) is 0 Å². The van der Waals surface area contributed by atoms with Crippen molar-refractivity contribution in [1.29, 1.82) is 0 Å². The van der Waals surface area contributed by atoms with Crippen LogP contribution in [-0.2, 0) is 11.2 Å². The molecule has 6 heteroatoms. The first-order chi connectivity index (χ1) is 12.5. The quantitative estimate of drug-likeness (QED) is 0.837. The molecule has 3 rings (SSSR count). The van der Waals surface area contributed by atoms with Gasteiger partial charge < -0.3 is 15.0 Å². The second-order valence-corrected chi connectivity index (χ2v) is 7.97. The summed E-state index contributed by atoms with van der Waals surface area (Å²) in [4.78, 5) is 14.1. The number of rotatable bonds is 6. The maximum Gasteiger partial charge on any atom is 0.132 e. The number of ether oxygens (including phenoxy) is 1. The van der Waals surface area contributed by atoms with Gasteiger partial charge in [-0.3, -0.25) is 4.90 Å². The first-order valence-corrected chi connectivity index (χ1v) is 10.1. The Labute approximate surface area is 158 Å². The summed E-state index contributed by atoms with van der Waals surface area (Å²) in [5.74, 6) is 1.97. The average molecular weight is 362 g/mol. The predicted molar refractivity (Wildman–Crippen MR) is 106 cm³/mol. The maximum atomic E-state index is 5.74. The van der Waals surface area contributed by atoms with Crippen molar-refractivity contribution in [3.05, 3.63) is 17.6 Å². The second kappa shape index (κ2) is 8.63. The monoisotopic (exact) mass is 361 g/mol. The lowest BCUT2D eigenvalue weighted by Gasteiger charge is -2.35. The zero-order valence-corrected chi connectivity index (χ0v) is 17.0. The molecule has 0 aliphatic carbocycles. The highest BCUT2D eigenvalue weighted by Gasteiger charge is 2.35. The number of hydrogen-bond acceptors (Lipinski definition) is 6. The van der Waals surface area contributed by atoms with Gasteiger partial charge in [0.2, 0.25) is 0 Å². The van der Waals surface area contributed by atoms with Crippen LogP contribution in [0.2, 0.25) is 0 Å². The highest BCUT2D eigenvalue weighted by molar-refractivity contribution is 5.40. The van der Waals surface area contributed by atoms with E-state index in [1.807, 2.05) is 14.0 Å². The minimum atomic E-state index is 0.298. The van der Waals surface area contributed by atoms with Crippen molar-refractivity contribution in [3.63, 3.8) is 0 Å². The highest BCUT2D eigenvalue weighted by Crippen LogP contribution is 2.22. The van der Waals surface area contributed by atoms with Gasteiger partial charge in [0.05, 0.1) is 6.10 Å². The van der Waals surface area contributed by atoms with Gasteiger partial charge in [0.15, 0.2) is 0 Å². The zero-order chi connectivity index (χ0) is 18.7. The van der Waals surface area contributed by atoms with E-state index >= 15 is 0 Å². The van der Waals surface area contributed by atoms with Crippen LogP contribution in [0.5, 0.6) is 0 Å². The third-order valence-corrected chi connectivity index (χ3v) is 5.84. The highest BCUT2D eigenvalue weighted by atomic mass is 16.5. The summed E-state index contributed by atoms with van der Waals surface area (Å²) in [5.41, 5.74) is 1.13. The summed E-state index contributed by atoms with van der Waals surface area (Å²) in [6.45, 7) is 12.9. The molecule has 2 aliphatic heterocycles. The third kappa shape index (κ3) is 4.53. The Morgan fingerprint density at radius 2 is 1.96 bits per heavy atom. The van der Waals surface area contributed by atoms with Crippen LogP contribution < -0.4 is 10.2 Å². The summed E-state index contributed by atoms with van der Waals surface area (Å²) >= 11 is 0. The molecular formula is C20H35N5O. The number of hydrogen-bond donors (Lipinski definition) is 1. The van der Waals surface area contributed by atoms with Gasteiger partial charge in [-0.15, -0.1) is 0 Å². The lowest BCUT2D eigenvalue weighted by atomic mass is 10.0. The molecule has 26 heavy (non-hydrogen) atoms. The Morgan fingerprint density at radius 3 is 2.58 bits per heavy atom. The molecule has 1 aromatic heterocycles. The van der Waals surface area contributed by atoms with E-state index in [2.05, 4.69) is 51.9 Å². The van der Waals surface area contributed by atoms with E-state index in [1.165, 1.54) is 0 Å². The first-order valence-electron chi connectivity index (χ1n) is 10.1. The molecule has 1 aromatic rings. The second-order valence-electron chi connectivity index (χ2n) is 7.97. The lowest BCUT2D eigenvalue weighted by molar-refractivity contribution is 0.0834. The molecule has 3 heterocycles. The van der Waals surface area contributed by atoms with Crippen LogP contribution in [0.4, 0.5) is 5.82 Å². The van der Waals surface area contributed by atoms with Gasteiger partial charge in [0.1, 0.15) is 11.6 Å². The molecule has 0 unspecified atom stereocenters. The molecule has 2 fully saturated rings. The van der Waals surface area contributed by atoms with Gasteiger partial charge in [-0.2, -0.15) is 0 Å². The fourth-order valence-electron chi connectivity index (χ4n) is 4.16. The number of aromatic nitrogens is 2. The molecule has 2 atom stereocenters. The van der Waals surface area contributed by atoms with Crippen LogP contribution in [0.3, 0.4) is 0 Å². The third-order valence-electron chi connectivity index (χ3n) is 5.84. The molecule has 0 bridgehead atoms. The van der Waals surface area contributed by atoms with Gasteiger partial charge in [0, 0.05) is 63.2 Å². The summed E-state index contributed by atoms with van der Waals surface area (Å²) in [6, 6.07) is 3.73. The van der Waals surface area contributed by atoms with Crippen molar-refractivity contribution >= 4 is 5.82 Å². The Hall–Kier alpha value is -1.24. The van der Waals surface area contributed by atoms with E-state index < -0.39 is 0 Å². The summed E-state index contributed by atoms with van der Waals surface area (Å²) in [6.07, 6.45) is 3.56. The molecule has 0 radical (unpaired) electrons. The largest absolute Gasteiger partial charge is 0.378 e. The summed E-state index contributed by atoms with van der Waals surface area (Å²) < 4.78 is 5.74. The van der Waals surface area contributed by atoms with Crippen LogP contribution in [0.25, 0.3) is 0 Å². The molecule has 146 valence electrons. The van der Waals surface area contributed by atoms with Crippen LogP contribution in [0.1, 0.15) is 45.1 Å².